The number of benzene rings is 3. The van der Waals surface area contributed by atoms with E-state index in [0.717, 1.165) is 25.7 Å². The molecule has 0 radical (unpaired) electrons. The maximum atomic E-state index is 13.9. The predicted molar refractivity (Wildman–Crippen MR) is 174 cm³/mol. The van der Waals surface area contributed by atoms with E-state index in [0.29, 0.717) is 57.7 Å². The number of hydrogen-bond acceptors (Lipinski definition) is 5. The number of likely N-dealkylation sites (tertiary alicyclic amines) is 1. The molecule has 5 N–H and O–H groups in total. The van der Waals surface area contributed by atoms with Gasteiger partial charge in [-0.1, -0.05) is 59.6 Å². The van der Waals surface area contributed by atoms with Crippen molar-refractivity contribution in [3.05, 3.63) is 87.9 Å². The molecular weight excluding hydrogens is 621 g/mol. The number of hydrogen-bond donors (Lipinski definition) is 4. The highest BCUT2D eigenvalue weighted by molar-refractivity contribution is 7.89. The highest BCUT2D eigenvalue weighted by atomic mass is 35.5. The van der Waals surface area contributed by atoms with E-state index in [2.05, 4.69) is 10.0 Å². The molecule has 0 unspecified atom stereocenters. The largest absolute Gasteiger partial charge is 0.384 e. The molecule has 2 amide bonds. The normalized spacial score (nSPS) is 14.7. The van der Waals surface area contributed by atoms with Crippen LogP contribution in [0.1, 0.15) is 43.2 Å². The standard InChI is InChI=1S/C32H37Cl2N5O4S/c1-37-30(40)10-3-5-21-13-15-39(16-14-21)32(41)29(18-22-6-2-8-24(17-22)31(35)36)38-44(42,43)26-9-4-7-23(19-26)27-12-11-25(33)20-28(27)34/h2,4,6-9,11-12,17,19-21,29,38H,3,5,10,13-16,18H2,1H3,(H3,35,36)(H,37,40)/t29-/m1/s1. The number of carbonyl (C=O) groups is 2. The van der Waals surface area contributed by atoms with Crippen molar-refractivity contribution in [3.63, 3.8) is 0 Å². The van der Waals surface area contributed by atoms with E-state index in [1.54, 1.807) is 66.5 Å². The molecule has 1 fully saturated rings. The van der Waals surface area contributed by atoms with Crippen LogP contribution in [-0.2, 0) is 26.0 Å². The first-order chi connectivity index (χ1) is 21.0. The average molecular weight is 659 g/mol. The van der Waals surface area contributed by atoms with E-state index in [1.807, 2.05) is 0 Å². The Morgan fingerprint density at radius 2 is 1.77 bits per heavy atom. The van der Waals surface area contributed by atoms with Crippen LogP contribution >= 0.6 is 23.2 Å². The molecule has 1 aliphatic rings. The van der Waals surface area contributed by atoms with Gasteiger partial charge >= 0.3 is 0 Å². The summed E-state index contributed by atoms with van der Waals surface area (Å²) in [6.45, 7) is 0.999. The molecule has 3 aromatic rings. The number of piperidine rings is 1. The van der Waals surface area contributed by atoms with Crippen LogP contribution < -0.4 is 15.8 Å². The maximum absolute atomic E-state index is 13.9. The summed E-state index contributed by atoms with van der Waals surface area (Å²) in [5, 5.41) is 11.3. The quantitative estimate of drug-likeness (QED) is 0.160. The lowest BCUT2D eigenvalue weighted by molar-refractivity contribution is -0.134. The van der Waals surface area contributed by atoms with E-state index in [-0.39, 0.29) is 29.0 Å². The molecule has 4 rings (SSSR count). The Labute approximate surface area is 268 Å². The monoisotopic (exact) mass is 657 g/mol. The topological polar surface area (TPSA) is 145 Å². The Balaban J connectivity index is 1.55. The molecular formula is C32H37Cl2N5O4S. The highest BCUT2D eigenvalue weighted by Gasteiger charge is 2.32. The van der Waals surface area contributed by atoms with Gasteiger partial charge in [-0.05, 0) is 79.5 Å². The Morgan fingerprint density at radius 3 is 2.45 bits per heavy atom. The van der Waals surface area contributed by atoms with Gasteiger partial charge in [0, 0.05) is 47.7 Å². The molecule has 0 spiro atoms. The van der Waals surface area contributed by atoms with E-state index in [4.69, 9.17) is 34.3 Å². The zero-order valence-corrected chi connectivity index (χ0v) is 26.8. The van der Waals surface area contributed by atoms with Crippen molar-refractivity contribution in [3.8, 4) is 11.1 Å². The number of rotatable bonds is 12. The summed E-state index contributed by atoms with van der Waals surface area (Å²) in [4.78, 5) is 27.2. The number of carbonyl (C=O) groups excluding carboxylic acids is 2. The summed E-state index contributed by atoms with van der Waals surface area (Å²) in [5.74, 6) is -0.0223. The summed E-state index contributed by atoms with van der Waals surface area (Å²) in [6, 6.07) is 17.2. The first kappa shape index (κ1) is 33.5. The predicted octanol–water partition coefficient (Wildman–Crippen LogP) is 4.99. The van der Waals surface area contributed by atoms with Crippen LogP contribution in [0.3, 0.4) is 0 Å². The van der Waals surface area contributed by atoms with Crippen molar-refractivity contribution >= 4 is 50.9 Å². The Hall–Kier alpha value is -3.44. The third-order valence-corrected chi connectivity index (χ3v) is 9.90. The average Bonchev–Trinajstić information content (AvgIpc) is 3.00. The minimum atomic E-state index is -4.15. The molecule has 9 nitrogen and oxygen atoms in total. The van der Waals surface area contributed by atoms with Gasteiger partial charge in [0.2, 0.25) is 21.8 Å². The lowest BCUT2D eigenvalue weighted by atomic mass is 9.91. The molecule has 3 aromatic carbocycles. The molecule has 0 aliphatic carbocycles. The van der Waals surface area contributed by atoms with Crippen LogP contribution in [0.4, 0.5) is 0 Å². The number of nitrogens with one attached hydrogen (secondary N) is 3. The van der Waals surface area contributed by atoms with Gasteiger partial charge in [-0.2, -0.15) is 4.72 Å². The molecule has 1 atom stereocenters. The zero-order valence-electron chi connectivity index (χ0n) is 24.5. The SMILES string of the molecule is CNC(=O)CCCC1CCN(C(=O)[C@@H](Cc2cccc(C(=N)N)c2)NS(=O)(=O)c2cccc(-c3ccc(Cl)cc3Cl)c2)CC1. The minimum Gasteiger partial charge on any atom is -0.384 e. The van der Waals surface area contributed by atoms with Crippen LogP contribution in [0, 0.1) is 11.3 Å². The van der Waals surface area contributed by atoms with Gasteiger partial charge in [0.15, 0.2) is 0 Å². The molecule has 1 aliphatic heterocycles. The number of amides is 2. The Kier molecular flexibility index (Phi) is 11.4. The number of amidine groups is 1. The van der Waals surface area contributed by atoms with Crippen LogP contribution in [-0.4, -0.2) is 57.1 Å². The number of nitrogen functional groups attached to an aromatic ring is 1. The van der Waals surface area contributed by atoms with Gasteiger partial charge in [-0.15, -0.1) is 0 Å². The maximum Gasteiger partial charge on any atom is 0.241 e. The van der Waals surface area contributed by atoms with Gasteiger partial charge in [0.25, 0.3) is 0 Å². The van der Waals surface area contributed by atoms with Crippen LogP contribution in [0.15, 0.2) is 71.6 Å². The van der Waals surface area contributed by atoms with Crippen molar-refractivity contribution in [1.82, 2.24) is 14.9 Å². The third kappa shape index (κ3) is 8.81. The van der Waals surface area contributed by atoms with Crippen molar-refractivity contribution < 1.29 is 18.0 Å². The van der Waals surface area contributed by atoms with Crippen molar-refractivity contribution in [2.45, 2.75) is 49.5 Å². The number of nitrogens with zero attached hydrogens (tertiary/aromatic N) is 1. The third-order valence-electron chi connectivity index (χ3n) is 7.88. The number of nitrogens with two attached hydrogens (primary N) is 1. The molecule has 0 aromatic heterocycles. The van der Waals surface area contributed by atoms with E-state index < -0.39 is 16.1 Å². The summed E-state index contributed by atoms with van der Waals surface area (Å²) in [7, 11) is -2.52. The van der Waals surface area contributed by atoms with E-state index in [1.165, 1.54) is 12.1 Å². The van der Waals surface area contributed by atoms with Crippen molar-refractivity contribution in [2.24, 2.45) is 11.7 Å². The van der Waals surface area contributed by atoms with Gasteiger partial charge in [0.05, 0.1) is 4.90 Å². The smallest absolute Gasteiger partial charge is 0.241 e. The Morgan fingerprint density at radius 1 is 1.05 bits per heavy atom. The minimum absolute atomic E-state index is 0.00822. The van der Waals surface area contributed by atoms with Crippen LogP contribution in [0.25, 0.3) is 11.1 Å². The summed E-state index contributed by atoms with van der Waals surface area (Å²) >= 11 is 12.4. The fourth-order valence-electron chi connectivity index (χ4n) is 5.43. The lowest BCUT2D eigenvalue weighted by Crippen LogP contribution is -2.51. The molecule has 44 heavy (non-hydrogen) atoms. The van der Waals surface area contributed by atoms with Gasteiger partial charge in [-0.3, -0.25) is 15.0 Å². The molecule has 0 saturated carbocycles. The fourth-order valence-corrected chi connectivity index (χ4v) is 7.18. The second-order valence-corrected chi connectivity index (χ2v) is 13.5. The number of sulfonamides is 1. The van der Waals surface area contributed by atoms with Crippen molar-refractivity contribution in [2.75, 3.05) is 20.1 Å². The molecule has 0 bridgehead atoms. The van der Waals surface area contributed by atoms with Gasteiger partial charge < -0.3 is 16.0 Å². The Bertz CT molecular complexity index is 1620. The fraction of sp³-hybridized carbons (Fsp3) is 0.344. The first-order valence-corrected chi connectivity index (χ1v) is 16.7. The van der Waals surface area contributed by atoms with Gasteiger partial charge in [-0.25, -0.2) is 8.42 Å². The second kappa shape index (κ2) is 15.0. The summed E-state index contributed by atoms with van der Waals surface area (Å²) < 4.78 is 30.2. The molecule has 234 valence electrons. The second-order valence-electron chi connectivity index (χ2n) is 11.0. The summed E-state index contributed by atoms with van der Waals surface area (Å²) in [6.07, 6.45) is 3.80. The van der Waals surface area contributed by atoms with E-state index >= 15 is 0 Å². The molecule has 1 saturated heterocycles. The highest BCUT2D eigenvalue weighted by Crippen LogP contribution is 2.32. The van der Waals surface area contributed by atoms with E-state index in [9.17, 15) is 18.0 Å². The van der Waals surface area contributed by atoms with Crippen LogP contribution in [0.5, 0.6) is 0 Å². The molecule has 12 heteroatoms. The first-order valence-electron chi connectivity index (χ1n) is 14.5. The van der Waals surface area contributed by atoms with Crippen molar-refractivity contribution in [1.29, 1.82) is 5.41 Å². The summed E-state index contributed by atoms with van der Waals surface area (Å²) in [5.41, 5.74) is 8.05. The van der Waals surface area contributed by atoms with Crippen LogP contribution in [0.2, 0.25) is 10.0 Å². The van der Waals surface area contributed by atoms with Gasteiger partial charge in [0.1, 0.15) is 11.9 Å². The molecule has 1 heterocycles. The number of halogens is 2. The zero-order chi connectivity index (χ0) is 31.9. The lowest BCUT2D eigenvalue weighted by Gasteiger charge is -2.34.